The average Bonchev–Trinajstić information content (AvgIpc) is 2.72. The maximum atomic E-state index is 13.4. The smallest absolute Gasteiger partial charge is 0.259 e. The number of aromatic nitrogens is 1. The molecule has 3 rings (SSSR count). The molecular formula is C28H37NO3. The quantitative estimate of drug-likeness (QED) is 0.382. The van der Waals surface area contributed by atoms with Crippen LogP contribution in [0.25, 0.3) is 22.0 Å². The summed E-state index contributed by atoms with van der Waals surface area (Å²) in [6.07, 6.45) is 1.09. The largest absolute Gasteiger partial charge is 0.485 e. The normalized spacial score (nSPS) is 13.5. The van der Waals surface area contributed by atoms with Crippen molar-refractivity contribution < 1.29 is 9.47 Å². The van der Waals surface area contributed by atoms with Crippen LogP contribution in [0, 0.1) is 0 Å². The summed E-state index contributed by atoms with van der Waals surface area (Å²) in [5.74, 6) is 0.726. The van der Waals surface area contributed by atoms with Crippen LogP contribution in [-0.2, 0) is 4.74 Å². The predicted octanol–water partition coefficient (Wildman–Crippen LogP) is 7.00. The molecule has 0 amide bonds. The van der Waals surface area contributed by atoms with Gasteiger partial charge in [0.25, 0.3) is 5.56 Å². The number of fused-ring (bicyclic) bond motifs is 1. The van der Waals surface area contributed by atoms with E-state index >= 15 is 0 Å². The molecular weight excluding hydrogens is 398 g/mol. The van der Waals surface area contributed by atoms with Crippen LogP contribution in [-0.4, -0.2) is 21.9 Å². The molecule has 172 valence electrons. The fourth-order valence-electron chi connectivity index (χ4n) is 3.86. The first-order chi connectivity index (χ1) is 15.0. The lowest BCUT2D eigenvalue weighted by Gasteiger charge is -2.42. The van der Waals surface area contributed by atoms with Crippen molar-refractivity contribution in [3.8, 4) is 16.9 Å². The van der Waals surface area contributed by atoms with Gasteiger partial charge in [-0.05, 0) is 84.0 Å². The minimum atomic E-state index is -0.572. The van der Waals surface area contributed by atoms with Gasteiger partial charge in [0.2, 0.25) is 0 Å². The minimum absolute atomic E-state index is 0.00976. The topological polar surface area (TPSA) is 40.5 Å². The molecule has 0 aliphatic carbocycles. The van der Waals surface area contributed by atoms with E-state index in [1.54, 1.807) is 0 Å². The van der Waals surface area contributed by atoms with E-state index in [0.717, 1.165) is 28.6 Å². The Kier molecular flexibility index (Phi) is 6.85. The Morgan fingerprint density at radius 2 is 1.56 bits per heavy atom. The fraction of sp³-hybridized carbons (Fsp3) is 0.464. The third-order valence-corrected chi connectivity index (χ3v) is 6.51. The molecule has 2 aromatic carbocycles. The summed E-state index contributed by atoms with van der Waals surface area (Å²) < 4.78 is 14.6. The molecule has 4 heteroatoms. The van der Waals surface area contributed by atoms with Crippen LogP contribution < -0.4 is 10.3 Å². The number of benzene rings is 2. The van der Waals surface area contributed by atoms with E-state index in [4.69, 9.17) is 9.47 Å². The molecule has 0 radical (unpaired) electrons. The first kappa shape index (κ1) is 24.1. The minimum Gasteiger partial charge on any atom is -0.485 e. The lowest BCUT2D eigenvalue weighted by molar-refractivity contribution is -0.159. The maximum absolute atomic E-state index is 13.4. The van der Waals surface area contributed by atoms with E-state index in [-0.39, 0.29) is 17.7 Å². The van der Waals surface area contributed by atoms with Crippen LogP contribution in [0.3, 0.4) is 0 Å². The molecule has 1 atom stereocenters. The van der Waals surface area contributed by atoms with Gasteiger partial charge in [0.05, 0.1) is 11.6 Å². The zero-order valence-electron chi connectivity index (χ0n) is 20.7. The molecule has 0 aliphatic rings. The molecule has 0 aliphatic heterocycles. The molecule has 1 heterocycles. The van der Waals surface area contributed by atoms with Crippen LogP contribution in [0.4, 0.5) is 0 Å². The van der Waals surface area contributed by atoms with Gasteiger partial charge in [0.15, 0.2) is 0 Å². The van der Waals surface area contributed by atoms with Gasteiger partial charge in [0.1, 0.15) is 17.0 Å². The summed E-state index contributed by atoms with van der Waals surface area (Å²) >= 11 is 0. The summed E-state index contributed by atoms with van der Waals surface area (Å²) in [6.45, 7) is 16.5. The van der Waals surface area contributed by atoms with Crippen molar-refractivity contribution >= 4 is 10.9 Å². The highest BCUT2D eigenvalue weighted by molar-refractivity contribution is 5.85. The molecule has 1 aromatic heterocycles. The van der Waals surface area contributed by atoms with Gasteiger partial charge >= 0.3 is 0 Å². The van der Waals surface area contributed by atoms with E-state index in [9.17, 15) is 4.79 Å². The van der Waals surface area contributed by atoms with E-state index in [2.05, 4.69) is 27.7 Å². The van der Waals surface area contributed by atoms with E-state index in [1.165, 1.54) is 0 Å². The number of nitrogens with zero attached hydrogens (tertiary/aromatic N) is 1. The Bertz CT molecular complexity index is 1130. The molecule has 32 heavy (non-hydrogen) atoms. The third kappa shape index (κ3) is 4.75. The molecule has 3 aromatic rings. The highest BCUT2D eigenvalue weighted by Gasteiger charge is 2.41. The Morgan fingerprint density at radius 1 is 0.906 bits per heavy atom. The SMILES string of the molecule is CCC(C)OC(C)(C)C(C)(C)Oc1ccc2cc(-c3ccccc3)c(=O)n(C(C)C)c2c1. The van der Waals surface area contributed by atoms with E-state index in [1.807, 2.05) is 86.9 Å². The second-order valence-electron chi connectivity index (χ2n) is 9.87. The van der Waals surface area contributed by atoms with E-state index in [0.29, 0.717) is 5.56 Å². The van der Waals surface area contributed by atoms with Crippen molar-refractivity contribution in [1.29, 1.82) is 0 Å². The van der Waals surface area contributed by atoms with Gasteiger partial charge in [-0.3, -0.25) is 4.79 Å². The summed E-state index contributed by atoms with van der Waals surface area (Å²) in [7, 11) is 0. The number of rotatable bonds is 8. The number of ether oxygens (including phenoxy) is 2. The van der Waals surface area contributed by atoms with Crippen LogP contribution in [0.5, 0.6) is 5.75 Å². The molecule has 0 bridgehead atoms. The second-order valence-corrected chi connectivity index (χ2v) is 9.87. The number of pyridine rings is 1. The number of hydrogen-bond donors (Lipinski definition) is 0. The van der Waals surface area contributed by atoms with Crippen molar-refractivity contribution in [3.63, 3.8) is 0 Å². The Balaban J connectivity index is 2.07. The van der Waals surface area contributed by atoms with Gasteiger partial charge in [-0.25, -0.2) is 0 Å². The molecule has 0 saturated carbocycles. The Hall–Kier alpha value is -2.59. The van der Waals surface area contributed by atoms with Gasteiger partial charge in [-0.1, -0.05) is 37.3 Å². The average molecular weight is 436 g/mol. The Morgan fingerprint density at radius 3 is 2.16 bits per heavy atom. The third-order valence-electron chi connectivity index (χ3n) is 6.51. The van der Waals surface area contributed by atoms with Crippen molar-refractivity contribution in [2.45, 2.75) is 85.2 Å². The molecule has 0 spiro atoms. The fourth-order valence-corrected chi connectivity index (χ4v) is 3.86. The maximum Gasteiger partial charge on any atom is 0.259 e. The van der Waals surface area contributed by atoms with Gasteiger partial charge in [-0.15, -0.1) is 0 Å². The zero-order valence-corrected chi connectivity index (χ0v) is 20.7. The second kappa shape index (κ2) is 9.11. The summed E-state index contributed by atoms with van der Waals surface area (Å²) in [5, 5.41) is 1.01. The highest BCUT2D eigenvalue weighted by Crippen LogP contribution is 2.34. The van der Waals surface area contributed by atoms with E-state index < -0.39 is 11.2 Å². The molecule has 0 saturated heterocycles. The standard InChI is InChI=1S/C28H37NO3/c1-9-20(4)31-27(5,6)28(7,8)32-23-16-15-22-17-24(21-13-11-10-12-14-21)26(30)29(19(2)3)25(22)18-23/h10-20H,9H2,1-8H3. The molecule has 4 nitrogen and oxygen atoms in total. The lowest BCUT2D eigenvalue weighted by Crippen LogP contribution is -2.52. The van der Waals surface area contributed by atoms with Crippen LogP contribution >= 0.6 is 0 Å². The molecule has 0 N–H and O–H groups in total. The van der Waals surface area contributed by atoms with Crippen molar-refractivity contribution in [2.24, 2.45) is 0 Å². The van der Waals surface area contributed by atoms with Crippen LogP contribution in [0.15, 0.2) is 59.4 Å². The lowest BCUT2D eigenvalue weighted by atomic mass is 9.88. The first-order valence-electron chi connectivity index (χ1n) is 11.6. The summed E-state index contributed by atoms with van der Waals surface area (Å²) in [4.78, 5) is 13.4. The Labute approximate surface area is 192 Å². The number of hydrogen-bond acceptors (Lipinski definition) is 3. The van der Waals surface area contributed by atoms with Crippen molar-refractivity contribution in [1.82, 2.24) is 4.57 Å². The highest BCUT2D eigenvalue weighted by atomic mass is 16.6. The van der Waals surface area contributed by atoms with Gasteiger partial charge < -0.3 is 14.0 Å². The van der Waals surface area contributed by atoms with Gasteiger partial charge in [-0.2, -0.15) is 0 Å². The first-order valence-corrected chi connectivity index (χ1v) is 11.6. The molecule has 0 fully saturated rings. The van der Waals surface area contributed by atoms with Crippen LogP contribution in [0.2, 0.25) is 0 Å². The predicted molar refractivity (Wildman–Crippen MR) is 134 cm³/mol. The zero-order chi connectivity index (χ0) is 23.7. The van der Waals surface area contributed by atoms with Crippen molar-refractivity contribution in [2.75, 3.05) is 0 Å². The summed E-state index contributed by atoms with van der Waals surface area (Å²) in [5.41, 5.74) is 1.46. The monoisotopic (exact) mass is 435 g/mol. The molecule has 1 unspecified atom stereocenters. The summed E-state index contributed by atoms with van der Waals surface area (Å²) in [6, 6.07) is 17.8. The van der Waals surface area contributed by atoms with Crippen LogP contribution in [0.1, 0.15) is 67.9 Å². The van der Waals surface area contributed by atoms with Gasteiger partial charge in [0, 0.05) is 17.7 Å². The van der Waals surface area contributed by atoms with Crippen molar-refractivity contribution in [3.05, 3.63) is 65.0 Å².